The van der Waals surface area contributed by atoms with E-state index >= 15 is 0 Å². The zero-order valence-corrected chi connectivity index (χ0v) is 18.4. The summed E-state index contributed by atoms with van der Waals surface area (Å²) in [6.45, 7) is 6.70. The Hall–Kier alpha value is -3.63. The molecule has 33 heavy (non-hydrogen) atoms. The highest BCUT2D eigenvalue weighted by molar-refractivity contribution is 5.89. The summed E-state index contributed by atoms with van der Waals surface area (Å²) in [5.74, 6) is -0.533. The molecule has 0 aliphatic heterocycles. The van der Waals surface area contributed by atoms with Gasteiger partial charge in [-0.15, -0.1) is 0 Å². The van der Waals surface area contributed by atoms with Crippen molar-refractivity contribution in [1.82, 2.24) is 15.3 Å². The number of ether oxygens (including phenoxy) is 2. The first-order valence-corrected chi connectivity index (χ1v) is 9.97. The Labute approximate surface area is 187 Å². The molecular formula is C22H22F3N3O5. The molecule has 0 saturated carbocycles. The molecule has 0 atom stereocenters. The van der Waals surface area contributed by atoms with Gasteiger partial charge >= 0.3 is 18.2 Å². The molecule has 3 rings (SSSR count). The summed E-state index contributed by atoms with van der Waals surface area (Å²) in [6, 6.07) is 3.69. The van der Waals surface area contributed by atoms with E-state index in [9.17, 15) is 22.8 Å². The smallest absolute Gasteiger partial charge is 0.420 e. The van der Waals surface area contributed by atoms with Gasteiger partial charge in [0.2, 0.25) is 0 Å². The van der Waals surface area contributed by atoms with Crippen LogP contribution < -0.4 is 5.32 Å². The van der Waals surface area contributed by atoms with Crippen molar-refractivity contribution in [2.75, 3.05) is 6.61 Å². The summed E-state index contributed by atoms with van der Waals surface area (Å²) >= 11 is 0. The maximum atomic E-state index is 13.7. The fourth-order valence-corrected chi connectivity index (χ4v) is 2.90. The Morgan fingerprint density at radius 2 is 1.76 bits per heavy atom. The first-order valence-electron chi connectivity index (χ1n) is 9.97. The Bertz CT molecular complexity index is 1160. The van der Waals surface area contributed by atoms with Gasteiger partial charge in [0.25, 0.3) is 0 Å². The second-order valence-corrected chi connectivity index (χ2v) is 8.02. The van der Waals surface area contributed by atoms with Gasteiger partial charge in [-0.3, -0.25) is 0 Å². The zero-order valence-electron chi connectivity index (χ0n) is 18.4. The number of alkyl halides is 3. The normalized spacial score (nSPS) is 12.0. The van der Waals surface area contributed by atoms with Crippen molar-refractivity contribution in [3.8, 4) is 11.4 Å². The predicted octanol–water partition coefficient (Wildman–Crippen LogP) is 5.11. The van der Waals surface area contributed by atoms with Crippen LogP contribution >= 0.6 is 0 Å². The first kappa shape index (κ1) is 24.0. The molecule has 0 radical (unpaired) electrons. The number of carbonyl (C=O) groups excluding carboxylic acids is 2. The maximum absolute atomic E-state index is 13.7. The molecule has 0 fully saturated rings. The lowest BCUT2D eigenvalue weighted by Gasteiger charge is -2.19. The number of hydrogen-bond acceptors (Lipinski definition) is 7. The van der Waals surface area contributed by atoms with E-state index in [2.05, 4.69) is 15.3 Å². The van der Waals surface area contributed by atoms with Crippen LogP contribution in [0.3, 0.4) is 0 Å². The molecule has 0 saturated heterocycles. The summed E-state index contributed by atoms with van der Waals surface area (Å²) in [4.78, 5) is 31.6. The summed E-state index contributed by atoms with van der Waals surface area (Å²) < 4.78 is 56.5. The van der Waals surface area contributed by atoms with Gasteiger partial charge in [-0.1, -0.05) is 0 Å². The van der Waals surface area contributed by atoms with Crippen molar-refractivity contribution in [2.45, 2.75) is 46.0 Å². The lowest BCUT2D eigenvalue weighted by molar-refractivity contribution is -0.136. The lowest BCUT2D eigenvalue weighted by atomic mass is 10.1. The molecule has 3 aromatic rings. The van der Waals surface area contributed by atoms with Gasteiger partial charge in [-0.25, -0.2) is 19.6 Å². The van der Waals surface area contributed by atoms with Crippen molar-refractivity contribution in [2.24, 2.45) is 0 Å². The fraction of sp³-hybridized carbons (Fsp3) is 0.364. The molecule has 2 heterocycles. The van der Waals surface area contributed by atoms with Crippen LogP contribution in [0.1, 0.15) is 49.4 Å². The van der Waals surface area contributed by atoms with Gasteiger partial charge in [0.05, 0.1) is 24.3 Å². The van der Waals surface area contributed by atoms with E-state index in [-0.39, 0.29) is 46.8 Å². The molecule has 0 spiro atoms. The minimum absolute atomic E-state index is 0.00919. The number of fused-ring (bicyclic) bond motifs is 1. The van der Waals surface area contributed by atoms with Gasteiger partial charge in [-0.05, 0) is 45.9 Å². The number of halogens is 3. The van der Waals surface area contributed by atoms with Crippen LogP contribution in [-0.4, -0.2) is 34.2 Å². The average Bonchev–Trinajstić information content (AvgIpc) is 3.12. The molecule has 0 aliphatic rings. The summed E-state index contributed by atoms with van der Waals surface area (Å²) in [5.41, 5.74) is -1.96. The van der Waals surface area contributed by atoms with Gasteiger partial charge < -0.3 is 19.2 Å². The number of alkyl carbamates (subject to hydrolysis) is 1. The van der Waals surface area contributed by atoms with Crippen molar-refractivity contribution in [3.05, 3.63) is 47.5 Å². The summed E-state index contributed by atoms with van der Waals surface area (Å²) in [5, 5.41) is 2.60. The number of nitrogens with one attached hydrogen (secondary N) is 1. The molecular weight excluding hydrogens is 443 g/mol. The monoisotopic (exact) mass is 465 g/mol. The lowest BCUT2D eigenvalue weighted by Crippen LogP contribution is -2.32. The molecule has 1 amide bonds. The highest BCUT2D eigenvalue weighted by atomic mass is 19.4. The quantitative estimate of drug-likeness (QED) is 0.522. The fourth-order valence-electron chi connectivity index (χ4n) is 2.90. The second kappa shape index (κ2) is 9.08. The molecule has 0 aliphatic carbocycles. The maximum Gasteiger partial charge on any atom is 0.420 e. The number of rotatable bonds is 5. The number of benzene rings is 1. The standard InChI is InChI=1S/C22H22F3N3O5/c1-5-31-19(29)14-9-26-18(27-10-14)13-6-12-7-15(11-28-20(30)33-21(2,3)4)32-17(12)16(8-13)22(23,24)25/h6-10H,5,11H2,1-4H3,(H,28,30). The van der Waals surface area contributed by atoms with Crippen molar-refractivity contribution in [3.63, 3.8) is 0 Å². The van der Waals surface area contributed by atoms with E-state index in [4.69, 9.17) is 13.9 Å². The SMILES string of the molecule is CCOC(=O)c1cnc(-c2cc(C(F)(F)F)c3oc(CNC(=O)OC(C)(C)C)cc3c2)nc1. The number of carbonyl (C=O) groups is 2. The minimum atomic E-state index is -4.72. The minimum Gasteiger partial charge on any atom is -0.462 e. The largest absolute Gasteiger partial charge is 0.462 e. The third kappa shape index (κ3) is 5.99. The van der Waals surface area contributed by atoms with Crippen molar-refractivity contribution >= 4 is 23.0 Å². The van der Waals surface area contributed by atoms with Gasteiger partial charge in [0.15, 0.2) is 5.82 Å². The highest BCUT2D eigenvalue weighted by Crippen LogP contribution is 2.38. The van der Waals surface area contributed by atoms with Gasteiger partial charge in [0.1, 0.15) is 16.9 Å². The van der Waals surface area contributed by atoms with Crippen LogP contribution in [0, 0.1) is 0 Å². The molecule has 1 N–H and O–H groups in total. The first-order chi connectivity index (χ1) is 15.4. The number of amides is 1. The topological polar surface area (TPSA) is 104 Å². The molecule has 2 aromatic heterocycles. The average molecular weight is 465 g/mol. The number of esters is 1. The van der Waals surface area contributed by atoms with E-state index in [0.717, 1.165) is 6.07 Å². The number of furan rings is 1. The van der Waals surface area contributed by atoms with Crippen LogP contribution in [0.25, 0.3) is 22.4 Å². The Morgan fingerprint density at radius 1 is 1.09 bits per heavy atom. The van der Waals surface area contributed by atoms with Crippen molar-refractivity contribution < 1.29 is 36.7 Å². The third-order valence-corrected chi connectivity index (χ3v) is 4.20. The van der Waals surface area contributed by atoms with E-state index in [1.54, 1.807) is 27.7 Å². The predicted molar refractivity (Wildman–Crippen MR) is 111 cm³/mol. The highest BCUT2D eigenvalue weighted by Gasteiger charge is 2.35. The second-order valence-electron chi connectivity index (χ2n) is 8.02. The molecule has 11 heteroatoms. The Balaban J connectivity index is 1.93. The van der Waals surface area contributed by atoms with Crippen LogP contribution in [0.2, 0.25) is 0 Å². The van der Waals surface area contributed by atoms with Crippen LogP contribution in [0.15, 0.2) is 35.0 Å². The Morgan fingerprint density at radius 3 is 2.33 bits per heavy atom. The van der Waals surface area contributed by atoms with E-state index in [1.165, 1.54) is 24.5 Å². The summed E-state index contributed by atoms with van der Waals surface area (Å²) in [7, 11) is 0. The molecule has 8 nitrogen and oxygen atoms in total. The van der Waals surface area contributed by atoms with Gasteiger partial charge in [-0.2, -0.15) is 13.2 Å². The van der Waals surface area contributed by atoms with Crippen LogP contribution in [0.4, 0.5) is 18.0 Å². The Kier molecular flexibility index (Phi) is 6.61. The number of nitrogens with zero attached hydrogens (tertiary/aromatic N) is 2. The van der Waals surface area contributed by atoms with E-state index < -0.39 is 29.4 Å². The number of aromatic nitrogens is 2. The molecule has 0 unspecified atom stereocenters. The molecule has 0 bridgehead atoms. The third-order valence-electron chi connectivity index (χ3n) is 4.20. The van der Waals surface area contributed by atoms with E-state index in [1.807, 2.05) is 0 Å². The molecule has 1 aromatic carbocycles. The van der Waals surface area contributed by atoms with E-state index in [0.29, 0.717) is 0 Å². The van der Waals surface area contributed by atoms with Crippen molar-refractivity contribution in [1.29, 1.82) is 0 Å². The molecule has 176 valence electrons. The zero-order chi connectivity index (χ0) is 24.4. The summed E-state index contributed by atoms with van der Waals surface area (Å²) in [6.07, 6.45) is -3.07. The van der Waals surface area contributed by atoms with Gasteiger partial charge in [0, 0.05) is 23.3 Å². The van der Waals surface area contributed by atoms with Crippen LogP contribution in [0.5, 0.6) is 0 Å². The van der Waals surface area contributed by atoms with Crippen LogP contribution in [-0.2, 0) is 22.2 Å². The number of hydrogen-bond donors (Lipinski definition) is 1.